The second kappa shape index (κ2) is 7.73. The Labute approximate surface area is 148 Å². The second-order valence-corrected chi connectivity index (χ2v) is 6.13. The Hall–Kier alpha value is -1.96. The highest BCUT2D eigenvalue weighted by atomic mass is 19.4. The maximum atomic E-state index is 13.6. The number of morpholine rings is 1. The molecule has 0 aromatic heterocycles. The van der Waals surface area contributed by atoms with Crippen molar-refractivity contribution in [1.29, 1.82) is 0 Å². The fourth-order valence-electron chi connectivity index (χ4n) is 2.93. The molecule has 0 radical (unpaired) electrons. The summed E-state index contributed by atoms with van der Waals surface area (Å²) < 4.78 is 63.9. The summed E-state index contributed by atoms with van der Waals surface area (Å²) in [6, 6.07) is 11.6. The summed E-state index contributed by atoms with van der Waals surface area (Å²) >= 11 is 0. The third-order valence-electron chi connectivity index (χ3n) is 4.23. The minimum atomic E-state index is -4.62. The molecule has 1 fully saturated rings. The van der Waals surface area contributed by atoms with E-state index in [1.807, 2.05) is 30.3 Å². The van der Waals surface area contributed by atoms with Gasteiger partial charge in [0.05, 0.1) is 24.3 Å². The number of benzene rings is 2. The van der Waals surface area contributed by atoms with Gasteiger partial charge in [0.1, 0.15) is 5.82 Å². The topological polar surface area (TPSA) is 30.5 Å². The molecule has 3 nitrogen and oxygen atoms in total. The Bertz CT molecular complexity index is 736. The van der Waals surface area contributed by atoms with E-state index in [-0.39, 0.29) is 11.6 Å². The Balaban J connectivity index is 1.80. The van der Waals surface area contributed by atoms with Gasteiger partial charge in [-0.3, -0.25) is 0 Å². The van der Waals surface area contributed by atoms with Gasteiger partial charge in [0.25, 0.3) is 0 Å². The van der Waals surface area contributed by atoms with Gasteiger partial charge in [0, 0.05) is 6.54 Å². The lowest BCUT2D eigenvalue weighted by atomic mass is 10.0. The van der Waals surface area contributed by atoms with Crippen LogP contribution in [0.1, 0.15) is 35.8 Å². The van der Waals surface area contributed by atoms with Crippen LogP contribution in [0.4, 0.5) is 17.6 Å². The van der Waals surface area contributed by atoms with Crippen LogP contribution in [0.15, 0.2) is 48.5 Å². The van der Waals surface area contributed by atoms with Gasteiger partial charge in [-0.25, -0.2) is 4.39 Å². The molecule has 3 unspecified atom stereocenters. The molecule has 0 spiro atoms. The number of hydrogen-bond acceptors (Lipinski definition) is 3. The molecule has 1 saturated heterocycles. The van der Waals surface area contributed by atoms with Gasteiger partial charge >= 0.3 is 6.18 Å². The Morgan fingerprint density at radius 2 is 1.88 bits per heavy atom. The van der Waals surface area contributed by atoms with Crippen LogP contribution in [-0.2, 0) is 15.7 Å². The number of nitrogens with one attached hydrogen (secondary N) is 1. The highest BCUT2D eigenvalue weighted by molar-refractivity contribution is 5.28. The van der Waals surface area contributed by atoms with Crippen LogP contribution in [-0.4, -0.2) is 19.4 Å². The third kappa shape index (κ3) is 4.41. The van der Waals surface area contributed by atoms with Crippen LogP contribution < -0.4 is 5.32 Å². The highest BCUT2D eigenvalue weighted by Gasteiger charge is 2.33. The van der Waals surface area contributed by atoms with E-state index in [1.165, 1.54) is 0 Å². The molecule has 2 aromatic carbocycles. The number of halogens is 4. The maximum absolute atomic E-state index is 13.6. The minimum absolute atomic E-state index is 0.110. The van der Waals surface area contributed by atoms with E-state index in [0.29, 0.717) is 19.2 Å². The summed E-state index contributed by atoms with van der Waals surface area (Å²) in [7, 11) is 0. The van der Waals surface area contributed by atoms with Gasteiger partial charge in [-0.05, 0) is 36.2 Å². The van der Waals surface area contributed by atoms with Gasteiger partial charge in [-0.1, -0.05) is 30.3 Å². The fraction of sp³-hybridized carbons (Fsp3) is 0.368. The number of rotatable bonds is 4. The first-order valence-electron chi connectivity index (χ1n) is 8.27. The van der Waals surface area contributed by atoms with Crippen molar-refractivity contribution in [2.75, 3.05) is 13.2 Å². The first-order valence-corrected chi connectivity index (χ1v) is 8.27. The molecular formula is C19H19F4NO2. The monoisotopic (exact) mass is 369 g/mol. The van der Waals surface area contributed by atoms with Crippen LogP contribution in [0, 0.1) is 5.82 Å². The molecule has 1 aliphatic heterocycles. The van der Waals surface area contributed by atoms with Crippen molar-refractivity contribution < 1.29 is 27.0 Å². The van der Waals surface area contributed by atoms with Crippen LogP contribution in [0.5, 0.6) is 0 Å². The van der Waals surface area contributed by atoms with Crippen LogP contribution >= 0.6 is 0 Å². The molecule has 1 aliphatic rings. The zero-order valence-corrected chi connectivity index (χ0v) is 14.1. The predicted octanol–water partition coefficient (Wildman–Crippen LogP) is 4.61. The van der Waals surface area contributed by atoms with E-state index in [4.69, 9.17) is 9.47 Å². The minimum Gasteiger partial charge on any atom is -0.349 e. The molecule has 0 bridgehead atoms. The molecule has 1 heterocycles. The smallest absolute Gasteiger partial charge is 0.349 e. The van der Waals surface area contributed by atoms with E-state index >= 15 is 0 Å². The third-order valence-corrected chi connectivity index (χ3v) is 4.23. The standard InChI is InChI=1S/C19H19F4NO2/c1-12(14-9-15(19(21,22)23)11-16(20)10-14)26-18-17(24-7-8-25-18)13-5-3-2-4-6-13/h2-6,9-12,17-18,24H,7-8H2,1H3. The summed E-state index contributed by atoms with van der Waals surface area (Å²) in [5, 5.41) is 3.29. The largest absolute Gasteiger partial charge is 0.416 e. The molecule has 3 atom stereocenters. The van der Waals surface area contributed by atoms with E-state index in [0.717, 1.165) is 17.7 Å². The van der Waals surface area contributed by atoms with Crippen molar-refractivity contribution in [3.63, 3.8) is 0 Å². The lowest BCUT2D eigenvalue weighted by Gasteiger charge is -2.34. The molecule has 0 saturated carbocycles. The van der Waals surface area contributed by atoms with E-state index in [2.05, 4.69) is 5.32 Å². The summed E-state index contributed by atoms with van der Waals surface area (Å²) in [4.78, 5) is 0. The molecule has 0 aliphatic carbocycles. The van der Waals surface area contributed by atoms with Crippen molar-refractivity contribution in [2.24, 2.45) is 0 Å². The summed E-state index contributed by atoms with van der Waals surface area (Å²) in [5.74, 6) is -0.951. The highest BCUT2D eigenvalue weighted by Crippen LogP contribution is 2.34. The Morgan fingerprint density at radius 3 is 2.58 bits per heavy atom. The molecule has 7 heteroatoms. The average Bonchev–Trinajstić information content (AvgIpc) is 2.61. The van der Waals surface area contributed by atoms with Crippen molar-refractivity contribution in [3.05, 3.63) is 71.0 Å². The zero-order chi connectivity index (χ0) is 18.7. The predicted molar refractivity (Wildman–Crippen MR) is 87.8 cm³/mol. The van der Waals surface area contributed by atoms with Crippen molar-refractivity contribution in [2.45, 2.75) is 31.5 Å². The van der Waals surface area contributed by atoms with Gasteiger partial charge < -0.3 is 14.8 Å². The number of alkyl halides is 3. The van der Waals surface area contributed by atoms with E-state index in [9.17, 15) is 17.6 Å². The van der Waals surface area contributed by atoms with Gasteiger partial charge in [-0.15, -0.1) is 0 Å². The lowest BCUT2D eigenvalue weighted by Crippen LogP contribution is -2.43. The number of ether oxygens (including phenoxy) is 2. The SMILES string of the molecule is CC(OC1OCCNC1c1ccccc1)c1cc(F)cc(C(F)(F)F)c1. The van der Waals surface area contributed by atoms with Crippen molar-refractivity contribution in [3.8, 4) is 0 Å². The molecule has 0 amide bonds. The van der Waals surface area contributed by atoms with E-state index < -0.39 is 30.0 Å². The van der Waals surface area contributed by atoms with Crippen LogP contribution in [0.3, 0.4) is 0 Å². The quantitative estimate of drug-likeness (QED) is 0.799. The molecule has 140 valence electrons. The molecule has 2 aromatic rings. The fourth-order valence-corrected chi connectivity index (χ4v) is 2.93. The summed E-state index contributed by atoms with van der Waals surface area (Å²) in [5.41, 5.74) is 0.0168. The summed E-state index contributed by atoms with van der Waals surface area (Å²) in [6.07, 6.45) is -6.09. The zero-order valence-electron chi connectivity index (χ0n) is 14.1. The van der Waals surface area contributed by atoms with Gasteiger partial charge in [0.15, 0.2) is 6.29 Å². The average molecular weight is 369 g/mol. The second-order valence-electron chi connectivity index (χ2n) is 6.13. The normalized spacial score (nSPS) is 22.2. The van der Waals surface area contributed by atoms with Crippen molar-refractivity contribution in [1.82, 2.24) is 5.32 Å². The van der Waals surface area contributed by atoms with Crippen LogP contribution in [0.2, 0.25) is 0 Å². The molecule has 3 rings (SSSR count). The Kier molecular flexibility index (Phi) is 5.60. The first kappa shape index (κ1) is 18.8. The number of hydrogen-bond donors (Lipinski definition) is 1. The molecule has 1 N–H and O–H groups in total. The lowest BCUT2D eigenvalue weighted by molar-refractivity contribution is -0.200. The van der Waals surface area contributed by atoms with Crippen molar-refractivity contribution >= 4 is 0 Å². The Morgan fingerprint density at radius 1 is 1.15 bits per heavy atom. The molecule has 26 heavy (non-hydrogen) atoms. The first-order chi connectivity index (χ1) is 12.3. The van der Waals surface area contributed by atoms with Gasteiger partial charge in [-0.2, -0.15) is 13.2 Å². The van der Waals surface area contributed by atoms with E-state index in [1.54, 1.807) is 6.92 Å². The molecular weight excluding hydrogens is 350 g/mol. The summed E-state index contributed by atoms with van der Waals surface area (Å²) in [6.45, 7) is 2.62. The maximum Gasteiger partial charge on any atom is 0.416 e. The van der Waals surface area contributed by atoms with Crippen LogP contribution in [0.25, 0.3) is 0 Å². The van der Waals surface area contributed by atoms with Gasteiger partial charge in [0.2, 0.25) is 0 Å².